The molecule has 8 rings (SSSR count). The molecule has 10 atom stereocenters. The Balaban J connectivity index is 0.000000198. The van der Waals surface area contributed by atoms with Crippen molar-refractivity contribution >= 4 is 81.6 Å². The van der Waals surface area contributed by atoms with Crippen molar-refractivity contribution in [2.24, 2.45) is 0 Å². The Bertz CT molecular complexity index is 2770. The van der Waals surface area contributed by atoms with Gasteiger partial charge in [-0.25, -0.2) is 0 Å². The molecule has 6 aromatic rings. The first-order valence-electron chi connectivity index (χ1n) is 17.5. The molecule has 14 N–H and O–H groups in total. The van der Waals surface area contributed by atoms with Crippen molar-refractivity contribution in [1.82, 2.24) is 0 Å². The van der Waals surface area contributed by atoms with Crippen molar-refractivity contribution in [3.8, 4) is 46.0 Å². The zero-order valence-electron chi connectivity index (χ0n) is 30.8. The fourth-order valence-corrected chi connectivity index (χ4v) is 7.21. The number of rotatable bonds is 3. The topological polar surface area (TPSA) is 385 Å². The summed E-state index contributed by atoms with van der Waals surface area (Å²) in [6, 6.07) is 5.82. The largest absolute Gasteiger partial charge is 2.00 e. The number of benzene rings is 4. The molecule has 4 aromatic carbocycles. The van der Waals surface area contributed by atoms with E-state index < -0.39 is 135 Å². The van der Waals surface area contributed by atoms with Crippen molar-refractivity contribution in [1.29, 1.82) is 0 Å². The summed E-state index contributed by atoms with van der Waals surface area (Å²) in [4.78, 5) is 25.8. The van der Waals surface area contributed by atoms with Gasteiger partial charge in [-0.1, -0.05) is 5.75 Å². The predicted molar refractivity (Wildman–Crippen MR) is 201 cm³/mol. The van der Waals surface area contributed by atoms with Gasteiger partial charge in [-0.2, -0.15) is 0 Å². The van der Waals surface area contributed by atoms with Gasteiger partial charge in [-0.15, -0.1) is 0 Å². The van der Waals surface area contributed by atoms with Crippen LogP contribution in [-0.2, 0) is 9.47 Å². The van der Waals surface area contributed by atoms with E-state index in [0.717, 1.165) is 36.4 Å². The minimum atomic E-state index is -1.85. The molecule has 0 bridgehead atoms. The number of aromatic hydroxyl groups is 7. The maximum absolute atomic E-state index is 13.1. The van der Waals surface area contributed by atoms with Crippen molar-refractivity contribution in [3.63, 3.8) is 0 Å². The van der Waals surface area contributed by atoms with Gasteiger partial charge in [0.2, 0.25) is 5.43 Å². The first-order valence-corrected chi connectivity index (χ1v) is 17.5. The van der Waals surface area contributed by atoms with E-state index in [-0.39, 0.29) is 81.8 Å². The molecule has 0 amide bonds. The Morgan fingerprint density at radius 1 is 0.533 bits per heavy atom. The molecule has 0 radical (unpaired) electrons. The van der Waals surface area contributed by atoms with E-state index in [1.165, 1.54) is 6.92 Å². The zero-order chi connectivity index (χ0) is 43.1. The van der Waals surface area contributed by atoms with Crippen LogP contribution in [0.5, 0.6) is 46.0 Å². The molecular weight excluding hydrogens is 832 g/mol. The number of fused-ring (bicyclic) bond motifs is 4. The van der Waals surface area contributed by atoms with E-state index in [1.807, 2.05) is 0 Å². The van der Waals surface area contributed by atoms with Crippen LogP contribution in [0.25, 0.3) is 43.9 Å². The number of phenolic OH excluding ortho intramolecular Hbond substituents is 7. The molecule has 2 aromatic heterocycles. The summed E-state index contributed by atoms with van der Waals surface area (Å²) in [6.07, 6.45) is -15.4. The van der Waals surface area contributed by atoms with E-state index in [4.69, 9.17) is 18.3 Å². The van der Waals surface area contributed by atoms with Gasteiger partial charge < -0.3 is 94.9 Å². The molecule has 10 unspecified atom stereocenters. The number of hydrogen-bond acceptors (Lipinski definition) is 21. The van der Waals surface area contributed by atoms with Crippen molar-refractivity contribution in [3.05, 3.63) is 68.0 Å². The van der Waals surface area contributed by atoms with Crippen LogP contribution in [0.4, 0.5) is 0 Å². The van der Waals surface area contributed by atoms with Crippen LogP contribution in [0.3, 0.4) is 0 Å². The fourth-order valence-electron chi connectivity index (χ4n) is 7.21. The van der Waals surface area contributed by atoms with Crippen LogP contribution >= 0.6 is 0 Å². The first-order chi connectivity index (χ1) is 27.8. The molecule has 21 nitrogen and oxygen atoms in total. The Labute approximate surface area is 363 Å². The van der Waals surface area contributed by atoms with Gasteiger partial charge in [0.1, 0.15) is 99.9 Å². The first kappa shape index (κ1) is 44.7. The average Bonchev–Trinajstić information content (AvgIpc) is 3.17. The average molecular weight is 868 g/mol. The van der Waals surface area contributed by atoms with Gasteiger partial charge in [-0.3, -0.25) is 9.59 Å². The van der Waals surface area contributed by atoms with Gasteiger partial charge in [0.05, 0.1) is 34.4 Å². The van der Waals surface area contributed by atoms with Crippen molar-refractivity contribution < 1.29 is 94.9 Å². The van der Waals surface area contributed by atoms with E-state index >= 15 is 0 Å². The molecule has 2 saturated heterocycles. The molecule has 60 heavy (non-hydrogen) atoms. The van der Waals surface area contributed by atoms with Crippen molar-refractivity contribution in [2.45, 2.75) is 68.0 Å². The quantitative estimate of drug-likeness (QED) is 0.0551. The molecule has 2 aliphatic rings. The Hall–Kier alpha value is -4.88. The van der Waals surface area contributed by atoms with Crippen LogP contribution in [0, 0.1) is 0 Å². The minimum absolute atomic E-state index is 0. The smallest absolute Gasteiger partial charge is 0.872 e. The third-order valence-corrected chi connectivity index (χ3v) is 10.4. The van der Waals surface area contributed by atoms with E-state index in [9.17, 15) is 86.2 Å². The summed E-state index contributed by atoms with van der Waals surface area (Å²) >= 11 is 0. The standard InChI is InChI=1S/C19H18O11.C19H18O10.Ca/c20-4-11-15(25)17(27)18(28)19(30-11)12-8(23)3-10-13(16(12)26)14(24)5-1-6(21)7(22)2-9(5)29-10;1-5-14(23)17(26)18(27)19(28-5)12-9(22)4-11-13(16(12)25)15(24)6-2-7(20)8(21)3-10(6)29-11;/h1-3,11,15,17-23,25-28H,4H2;2-5,14,17-23,25-27H,1H3;/q;;+2/p-1. The second kappa shape index (κ2) is 16.5. The number of phenols is 7. The van der Waals surface area contributed by atoms with Gasteiger partial charge >= 0.3 is 37.7 Å². The molecule has 4 heterocycles. The third-order valence-electron chi connectivity index (χ3n) is 10.4. The van der Waals surface area contributed by atoms with E-state index in [0.29, 0.717) is 0 Å². The maximum atomic E-state index is 13.1. The van der Waals surface area contributed by atoms with Crippen LogP contribution in [0.15, 0.2) is 54.8 Å². The van der Waals surface area contributed by atoms with Crippen LogP contribution in [0.1, 0.15) is 30.3 Å². The molecule has 0 saturated carbocycles. The van der Waals surface area contributed by atoms with Gasteiger partial charge in [0, 0.05) is 29.8 Å². The van der Waals surface area contributed by atoms with Crippen LogP contribution < -0.4 is 16.0 Å². The summed E-state index contributed by atoms with van der Waals surface area (Å²) in [5.41, 5.74) is -3.37. The summed E-state index contributed by atoms with van der Waals surface area (Å²) in [6.45, 7) is 0.679. The zero-order valence-corrected chi connectivity index (χ0v) is 33.0. The van der Waals surface area contributed by atoms with Crippen LogP contribution in [0.2, 0.25) is 0 Å². The Kier molecular flexibility index (Phi) is 12.3. The second-order valence-corrected chi connectivity index (χ2v) is 14.1. The van der Waals surface area contributed by atoms with Crippen LogP contribution in [-0.4, -0.2) is 165 Å². The number of aliphatic hydroxyl groups excluding tert-OH is 7. The molecule has 0 spiro atoms. The Morgan fingerprint density at radius 2 is 0.950 bits per heavy atom. The van der Waals surface area contributed by atoms with Gasteiger partial charge in [0.15, 0.2) is 28.4 Å². The van der Waals surface area contributed by atoms with Gasteiger partial charge in [0.25, 0.3) is 0 Å². The Morgan fingerprint density at radius 3 is 1.47 bits per heavy atom. The second-order valence-electron chi connectivity index (χ2n) is 14.1. The van der Waals surface area contributed by atoms with E-state index in [1.54, 1.807) is 0 Å². The minimum Gasteiger partial charge on any atom is -0.872 e. The SMILES string of the molecule is CC1OC(c2c(O)cc3oc4cc(O)c(O)cc4c(=O)c3c2O)C(O)C(O)C1O.O=c1c2cc(O)c(O)cc2oc2cc(O)c(C3OC(CO)C(O)C(O)C3O)c([O-])c12.[Ca+2]. The normalized spacial score (nSPS) is 26.8. The molecule has 314 valence electrons. The summed E-state index contributed by atoms with van der Waals surface area (Å²) in [5.74, 6) is -5.39. The van der Waals surface area contributed by atoms with E-state index in [2.05, 4.69) is 0 Å². The molecular formula is C38H35CaO21+. The predicted octanol–water partition coefficient (Wildman–Crippen LogP) is -1.42. The molecule has 2 fully saturated rings. The van der Waals surface area contributed by atoms with Gasteiger partial charge in [-0.05, 0) is 19.1 Å². The van der Waals surface area contributed by atoms with Crippen molar-refractivity contribution in [2.75, 3.05) is 6.61 Å². The maximum Gasteiger partial charge on any atom is 2.00 e. The molecule has 0 aliphatic carbocycles. The number of ether oxygens (including phenoxy) is 2. The molecule has 2 aliphatic heterocycles. The number of aliphatic hydroxyl groups is 7. The molecule has 22 heteroatoms. The summed E-state index contributed by atoms with van der Waals surface area (Å²) in [7, 11) is 0. The monoisotopic (exact) mass is 867 g/mol. The third kappa shape index (κ3) is 7.25. The summed E-state index contributed by atoms with van der Waals surface area (Å²) < 4.78 is 21.6. The fraction of sp³-hybridized carbons (Fsp3) is 0.316. The number of hydrogen-bond donors (Lipinski definition) is 14. The summed E-state index contributed by atoms with van der Waals surface area (Å²) in [5, 5.41) is 151.